The highest BCUT2D eigenvalue weighted by atomic mass is 35.5. The fraction of sp³-hybridized carbons (Fsp3) is 0.400. The van der Waals surface area contributed by atoms with Gasteiger partial charge in [-0.15, -0.1) is 11.6 Å². The summed E-state index contributed by atoms with van der Waals surface area (Å²) in [5, 5.41) is 18.9. The lowest BCUT2D eigenvalue weighted by Gasteiger charge is -2.15. The summed E-state index contributed by atoms with van der Waals surface area (Å²) in [7, 11) is 0. The number of aliphatic hydroxyl groups excluding tert-OH is 2. The van der Waals surface area contributed by atoms with Gasteiger partial charge in [-0.3, -0.25) is 9.78 Å². The lowest BCUT2D eigenvalue weighted by atomic mass is 10.0. The van der Waals surface area contributed by atoms with E-state index in [4.69, 9.17) is 11.6 Å². The summed E-state index contributed by atoms with van der Waals surface area (Å²) in [6, 6.07) is 1.50. The van der Waals surface area contributed by atoms with Crippen LogP contribution in [0.4, 0.5) is 0 Å². The molecule has 1 aromatic rings. The number of ketones is 1. The molecule has 1 aromatic heterocycles. The number of halogens is 1. The van der Waals surface area contributed by atoms with E-state index in [0.29, 0.717) is 11.1 Å². The molecule has 0 spiro atoms. The first-order valence-corrected chi connectivity index (χ1v) is 4.97. The van der Waals surface area contributed by atoms with Crippen molar-refractivity contribution in [3.05, 3.63) is 29.6 Å². The molecule has 0 bridgehead atoms. The fourth-order valence-corrected chi connectivity index (χ4v) is 1.29. The molecule has 0 aromatic carbocycles. The van der Waals surface area contributed by atoms with Gasteiger partial charge in [0.05, 0.1) is 12.0 Å². The molecule has 0 saturated carbocycles. The number of rotatable bonds is 4. The topological polar surface area (TPSA) is 70.4 Å². The molecule has 2 N–H and O–H groups in total. The van der Waals surface area contributed by atoms with Crippen LogP contribution < -0.4 is 0 Å². The van der Waals surface area contributed by atoms with Crippen molar-refractivity contribution in [2.24, 2.45) is 0 Å². The molecule has 0 aliphatic heterocycles. The van der Waals surface area contributed by atoms with E-state index >= 15 is 0 Å². The van der Waals surface area contributed by atoms with E-state index in [1.165, 1.54) is 25.4 Å². The van der Waals surface area contributed by atoms with Crippen LogP contribution in [0.1, 0.15) is 28.9 Å². The molecule has 0 saturated heterocycles. The molecule has 0 aliphatic carbocycles. The third kappa shape index (κ3) is 2.99. The molecular weight excluding hydrogens is 218 g/mol. The number of nitrogens with zero attached hydrogens (tertiary/aromatic N) is 1. The van der Waals surface area contributed by atoms with E-state index in [0.717, 1.165) is 0 Å². The number of aromatic nitrogens is 1. The lowest BCUT2D eigenvalue weighted by molar-refractivity contribution is 0.0324. The molecule has 0 amide bonds. The summed E-state index contributed by atoms with van der Waals surface area (Å²) in [5.41, 5.74) is 0.782. The van der Waals surface area contributed by atoms with Gasteiger partial charge in [0.25, 0.3) is 0 Å². The Hall–Kier alpha value is -0.970. The maximum Gasteiger partial charge on any atom is 0.161 e. The van der Waals surface area contributed by atoms with E-state index in [2.05, 4.69) is 4.98 Å². The summed E-state index contributed by atoms with van der Waals surface area (Å²) in [5.74, 6) is -0.220. The first kappa shape index (κ1) is 12.1. The first-order valence-electron chi connectivity index (χ1n) is 4.44. The highest BCUT2D eigenvalue weighted by molar-refractivity contribution is 6.18. The Balaban J connectivity index is 2.94. The molecule has 5 heteroatoms. The van der Waals surface area contributed by atoms with Crippen LogP contribution in [-0.2, 0) is 0 Å². The van der Waals surface area contributed by atoms with Gasteiger partial charge >= 0.3 is 0 Å². The van der Waals surface area contributed by atoms with Crippen LogP contribution in [0.25, 0.3) is 0 Å². The summed E-state index contributed by atoms with van der Waals surface area (Å²) >= 11 is 5.40. The highest BCUT2D eigenvalue weighted by Gasteiger charge is 2.18. The zero-order valence-electron chi connectivity index (χ0n) is 8.22. The van der Waals surface area contributed by atoms with Gasteiger partial charge in [0.1, 0.15) is 6.10 Å². The Morgan fingerprint density at radius 3 is 2.73 bits per heavy atom. The minimum absolute atomic E-state index is 0.0779. The van der Waals surface area contributed by atoms with E-state index in [1.807, 2.05) is 0 Å². The Kier molecular flexibility index (Phi) is 4.20. The van der Waals surface area contributed by atoms with Gasteiger partial charge in [-0.25, -0.2) is 0 Å². The van der Waals surface area contributed by atoms with Gasteiger partial charge in [0.15, 0.2) is 5.78 Å². The molecule has 0 radical (unpaired) electrons. The molecule has 82 valence electrons. The lowest BCUT2D eigenvalue weighted by Crippen LogP contribution is -2.20. The smallest absolute Gasteiger partial charge is 0.161 e. The van der Waals surface area contributed by atoms with Crippen molar-refractivity contribution in [3.63, 3.8) is 0 Å². The van der Waals surface area contributed by atoms with Gasteiger partial charge in [-0.05, 0) is 13.0 Å². The second kappa shape index (κ2) is 5.21. The van der Waals surface area contributed by atoms with Gasteiger partial charge in [-0.2, -0.15) is 0 Å². The summed E-state index contributed by atoms with van der Waals surface area (Å²) in [6.45, 7) is 1.41. The quantitative estimate of drug-likeness (QED) is 0.595. The van der Waals surface area contributed by atoms with Crippen molar-refractivity contribution < 1.29 is 15.0 Å². The van der Waals surface area contributed by atoms with Crippen LogP contribution >= 0.6 is 11.6 Å². The molecule has 4 nitrogen and oxygen atoms in total. The minimum Gasteiger partial charge on any atom is -0.389 e. The second-order valence-electron chi connectivity index (χ2n) is 3.23. The minimum atomic E-state index is -1.12. The van der Waals surface area contributed by atoms with Crippen LogP contribution in [-0.4, -0.2) is 33.0 Å². The standard InChI is InChI=1S/C10H12ClNO3/c1-6(13)7-2-8(5-12-4-7)10(15)9(14)3-11/h2,4-5,9-10,14-15H,3H2,1H3. The predicted octanol–water partition coefficient (Wildman–Crippen LogP) is 0.917. The van der Waals surface area contributed by atoms with Crippen LogP contribution in [0, 0.1) is 0 Å². The molecule has 15 heavy (non-hydrogen) atoms. The van der Waals surface area contributed by atoms with Gasteiger partial charge in [0.2, 0.25) is 0 Å². The molecule has 0 fully saturated rings. The van der Waals surface area contributed by atoms with Crippen molar-refractivity contribution >= 4 is 17.4 Å². The Labute approximate surface area is 92.5 Å². The Morgan fingerprint density at radius 2 is 2.20 bits per heavy atom. The Bertz CT molecular complexity index is 356. The predicted molar refractivity (Wildman–Crippen MR) is 55.9 cm³/mol. The van der Waals surface area contributed by atoms with Gasteiger partial charge in [0, 0.05) is 23.5 Å². The third-order valence-corrected chi connectivity index (χ3v) is 2.35. The van der Waals surface area contributed by atoms with Crippen LogP contribution in [0.15, 0.2) is 18.5 Å². The largest absolute Gasteiger partial charge is 0.389 e. The zero-order valence-corrected chi connectivity index (χ0v) is 8.98. The van der Waals surface area contributed by atoms with Crippen molar-refractivity contribution in [1.29, 1.82) is 0 Å². The number of hydrogen-bond donors (Lipinski definition) is 2. The van der Waals surface area contributed by atoms with Crippen molar-refractivity contribution in [2.75, 3.05) is 5.88 Å². The maximum atomic E-state index is 11.0. The van der Waals surface area contributed by atoms with Crippen molar-refractivity contribution in [1.82, 2.24) is 4.98 Å². The van der Waals surface area contributed by atoms with E-state index in [9.17, 15) is 15.0 Å². The molecule has 0 aliphatic rings. The monoisotopic (exact) mass is 229 g/mol. The number of carbonyl (C=O) groups excluding carboxylic acids is 1. The van der Waals surface area contributed by atoms with Crippen LogP contribution in [0.2, 0.25) is 0 Å². The average molecular weight is 230 g/mol. The highest BCUT2D eigenvalue weighted by Crippen LogP contribution is 2.18. The number of hydrogen-bond acceptors (Lipinski definition) is 4. The number of pyridine rings is 1. The molecule has 2 atom stereocenters. The second-order valence-corrected chi connectivity index (χ2v) is 3.54. The number of alkyl halides is 1. The SMILES string of the molecule is CC(=O)c1cncc(C(O)C(O)CCl)c1. The zero-order chi connectivity index (χ0) is 11.4. The van der Waals surface area contributed by atoms with Gasteiger partial charge in [-0.1, -0.05) is 0 Å². The molecule has 2 unspecified atom stereocenters. The van der Waals surface area contributed by atoms with Crippen molar-refractivity contribution in [3.8, 4) is 0 Å². The maximum absolute atomic E-state index is 11.0. The first-order chi connectivity index (χ1) is 7.06. The fourth-order valence-electron chi connectivity index (χ4n) is 1.12. The average Bonchev–Trinajstić information content (AvgIpc) is 2.27. The Morgan fingerprint density at radius 1 is 1.53 bits per heavy atom. The summed E-state index contributed by atoms with van der Waals surface area (Å²) in [6.07, 6.45) is 0.628. The third-order valence-electron chi connectivity index (χ3n) is 2.03. The van der Waals surface area contributed by atoms with E-state index < -0.39 is 12.2 Å². The number of Topliss-reactive ketones (excluding diaryl/α,β-unsaturated/α-hetero) is 1. The summed E-state index contributed by atoms with van der Waals surface area (Å²) < 4.78 is 0. The van der Waals surface area contributed by atoms with Gasteiger partial charge < -0.3 is 10.2 Å². The molecule has 1 heterocycles. The summed E-state index contributed by atoms with van der Waals surface area (Å²) in [4.78, 5) is 14.9. The van der Waals surface area contributed by atoms with Crippen molar-refractivity contribution in [2.45, 2.75) is 19.1 Å². The number of carbonyl (C=O) groups is 1. The normalized spacial score (nSPS) is 14.7. The van der Waals surface area contributed by atoms with E-state index in [-0.39, 0.29) is 11.7 Å². The molecule has 1 rings (SSSR count). The van der Waals surface area contributed by atoms with Crippen LogP contribution in [0.3, 0.4) is 0 Å². The number of aliphatic hydroxyl groups is 2. The van der Waals surface area contributed by atoms with Crippen LogP contribution in [0.5, 0.6) is 0 Å². The molecular formula is C10H12ClNO3. The van der Waals surface area contributed by atoms with E-state index in [1.54, 1.807) is 0 Å².